The molecule has 0 amide bonds. The van der Waals surface area contributed by atoms with Crippen molar-refractivity contribution in [1.29, 1.82) is 0 Å². The SMILES string of the molecule is C[C@@H](O)CNc1ncnc2c1ncn2C[C@@H](C)O. The molecule has 2 atom stereocenters. The number of imidazole rings is 1. The van der Waals surface area contributed by atoms with Crippen molar-refractivity contribution >= 4 is 17.0 Å². The first-order valence-electron chi connectivity index (χ1n) is 5.83. The van der Waals surface area contributed by atoms with E-state index < -0.39 is 12.2 Å². The second kappa shape index (κ2) is 5.28. The third-order valence-electron chi connectivity index (χ3n) is 2.43. The first-order chi connectivity index (χ1) is 8.58. The first kappa shape index (κ1) is 12.7. The van der Waals surface area contributed by atoms with Crippen LogP contribution in [0.15, 0.2) is 12.7 Å². The Bertz CT molecular complexity index is 523. The van der Waals surface area contributed by atoms with Gasteiger partial charge in [-0.25, -0.2) is 15.0 Å². The fourth-order valence-electron chi connectivity index (χ4n) is 1.67. The van der Waals surface area contributed by atoms with Gasteiger partial charge in [-0.05, 0) is 13.8 Å². The number of aliphatic hydroxyl groups excluding tert-OH is 2. The minimum atomic E-state index is -0.466. The monoisotopic (exact) mass is 251 g/mol. The topological polar surface area (TPSA) is 96.1 Å². The predicted molar refractivity (Wildman–Crippen MR) is 67.2 cm³/mol. The number of hydrogen-bond donors (Lipinski definition) is 3. The van der Waals surface area contributed by atoms with Crippen LogP contribution in [0.3, 0.4) is 0 Å². The van der Waals surface area contributed by atoms with Gasteiger partial charge in [0.1, 0.15) is 11.8 Å². The van der Waals surface area contributed by atoms with Crippen molar-refractivity contribution in [3.8, 4) is 0 Å². The molecule has 98 valence electrons. The van der Waals surface area contributed by atoms with Crippen LogP contribution >= 0.6 is 0 Å². The van der Waals surface area contributed by atoms with Gasteiger partial charge < -0.3 is 20.1 Å². The Morgan fingerprint density at radius 1 is 1.22 bits per heavy atom. The number of rotatable bonds is 5. The summed E-state index contributed by atoms with van der Waals surface area (Å²) in [6, 6.07) is 0. The number of fused-ring (bicyclic) bond motifs is 1. The van der Waals surface area contributed by atoms with Gasteiger partial charge in [0.15, 0.2) is 11.5 Å². The zero-order valence-electron chi connectivity index (χ0n) is 10.4. The average molecular weight is 251 g/mol. The molecular formula is C11H17N5O2. The van der Waals surface area contributed by atoms with Gasteiger partial charge >= 0.3 is 0 Å². The molecular weight excluding hydrogens is 234 g/mol. The Labute approximate surface area is 105 Å². The molecule has 18 heavy (non-hydrogen) atoms. The van der Waals surface area contributed by atoms with Crippen LogP contribution in [-0.2, 0) is 6.54 Å². The number of anilines is 1. The molecule has 0 aliphatic rings. The molecule has 2 heterocycles. The predicted octanol–water partition coefficient (Wildman–Crippen LogP) is -0.000200. The number of aliphatic hydroxyl groups is 2. The minimum absolute atomic E-state index is 0.398. The molecule has 2 rings (SSSR count). The molecule has 7 nitrogen and oxygen atoms in total. The number of nitrogens with zero attached hydrogens (tertiary/aromatic N) is 4. The van der Waals surface area contributed by atoms with E-state index in [4.69, 9.17) is 0 Å². The van der Waals surface area contributed by atoms with Crippen LogP contribution in [0.1, 0.15) is 13.8 Å². The molecule has 3 N–H and O–H groups in total. The van der Waals surface area contributed by atoms with Gasteiger partial charge in [-0.3, -0.25) is 0 Å². The molecule has 0 bridgehead atoms. The lowest BCUT2D eigenvalue weighted by Gasteiger charge is -2.08. The van der Waals surface area contributed by atoms with Crippen molar-refractivity contribution in [2.24, 2.45) is 0 Å². The standard InChI is InChI=1S/C11H17N5O2/c1-7(17)3-12-10-9-11(14-5-13-10)16(6-15-9)4-8(2)18/h5-8,17-18H,3-4H2,1-2H3,(H,12,13,14)/t7-,8-/m1/s1. The van der Waals surface area contributed by atoms with Crippen molar-refractivity contribution in [1.82, 2.24) is 19.5 Å². The van der Waals surface area contributed by atoms with Crippen molar-refractivity contribution in [2.75, 3.05) is 11.9 Å². The third kappa shape index (κ3) is 2.74. The molecule has 0 spiro atoms. The minimum Gasteiger partial charge on any atom is -0.392 e. The Hall–Kier alpha value is -1.73. The van der Waals surface area contributed by atoms with Crippen LogP contribution < -0.4 is 5.32 Å². The maximum absolute atomic E-state index is 9.39. The number of aromatic nitrogens is 4. The lowest BCUT2D eigenvalue weighted by molar-refractivity contribution is 0.175. The molecule has 0 aliphatic heterocycles. The lowest BCUT2D eigenvalue weighted by atomic mass is 10.4. The van der Waals surface area contributed by atoms with E-state index in [9.17, 15) is 10.2 Å². The van der Waals surface area contributed by atoms with Crippen LogP contribution in [-0.4, -0.2) is 48.5 Å². The maximum atomic E-state index is 9.39. The van der Waals surface area contributed by atoms with Gasteiger partial charge in [0.05, 0.1) is 25.1 Å². The fourth-order valence-corrected chi connectivity index (χ4v) is 1.67. The van der Waals surface area contributed by atoms with Gasteiger partial charge in [-0.2, -0.15) is 0 Å². The molecule has 0 saturated heterocycles. The van der Waals surface area contributed by atoms with Crippen LogP contribution in [0.5, 0.6) is 0 Å². The Kier molecular flexibility index (Phi) is 3.73. The third-order valence-corrected chi connectivity index (χ3v) is 2.43. The van der Waals surface area contributed by atoms with Gasteiger partial charge in [0.2, 0.25) is 0 Å². The Balaban J connectivity index is 2.30. The molecule has 7 heteroatoms. The van der Waals surface area contributed by atoms with E-state index in [2.05, 4.69) is 20.3 Å². The second-order valence-electron chi connectivity index (χ2n) is 4.37. The zero-order valence-corrected chi connectivity index (χ0v) is 10.4. The van der Waals surface area contributed by atoms with Crippen molar-refractivity contribution in [3.05, 3.63) is 12.7 Å². The Morgan fingerprint density at radius 3 is 2.67 bits per heavy atom. The van der Waals surface area contributed by atoms with Crippen molar-refractivity contribution < 1.29 is 10.2 Å². The molecule has 0 aliphatic carbocycles. The van der Waals surface area contributed by atoms with Gasteiger partial charge in [0.25, 0.3) is 0 Å². The lowest BCUT2D eigenvalue weighted by Crippen LogP contribution is -2.16. The summed E-state index contributed by atoms with van der Waals surface area (Å²) in [5.74, 6) is 0.588. The highest BCUT2D eigenvalue weighted by Gasteiger charge is 2.11. The number of hydrogen-bond acceptors (Lipinski definition) is 6. The number of nitrogens with one attached hydrogen (secondary N) is 1. The normalized spacial score (nSPS) is 14.7. The molecule has 2 aromatic rings. The van der Waals surface area contributed by atoms with Gasteiger partial charge in [0, 0.05) is 6.54 Å². The van der Waals surface area contributed by atoms with E-state index in [0.717, 1.165) is 0 Å². The van der Waals surface area contributed by atoms with E-state index in [0.29, 0.717) is 30.1 Å². The molecule has 0 fully saturated rings. The first-order valence-corrected chi connectivity index (χ1v) is 5.83. The summed E-state index contributed by atoms with van der Waals surface area (Å²) in [5.41, 5.74) is 1.30. The van der Waals surface area contributed by atoms with E-state index >= 15 is 0 Å². The highest BCUT2D eigenvalue weighted by Crippen LogP contribution is 2.17. The fraction of sp³-hybridized carbons (Fsp3) is 0.545. The average Bonchev–Trinajstić information content (AvgIpc) is 2.69. The smallest absolute Gasteiger partial charge is 0.165 e. The van der Waals surface area contributed by atoms with Crippen LogP contribution in [0.2, 0.25) is 0 Å². The van der Waals surface area contributed by atoms with Gasteiger partial charge in [-0.1, -0.05) is 0 Å². The summed E-state index contributed by atoms with van der Waals surface area (Å²) in [7, 11) is 0. The maximum Gasteiger partial charge on any atom is 0.165 e. The zero-order chi connectivity index (χ0) is 13.1. The summed E-state index contributed by atoms with van der Waals surface area (Å²) in [5, 5.41) is 21.6. The molecule has 0 aromatic carbocycles. The Morgan fingerprint density at radius 2 is 2.00 bits per heavy atom. The summed E-state index contributed by atoms with van der Waals surface area (Å²) in [4.78, 5) is 12.5. The van der Waals surface area contributed by atoms with Crippen LogP contribution in [0.25, 0.3) is 11.2 Å². The van der Waals surface area contributed by atoms with E-state index in [1.54, 1.807) is 24.7 Å². The molecule has 2 aromatic heterocycles. The largest absolute Gasteiger partial charge is 0.392 e. The van der Waals surface area contributed by atoms with Crippen molar-refractivity contribution in [3.63, 3.8) is 0 Å². The van der Waals surface area contributed by atoms with Crippen LogP contribution in [0.4, 0.5) is 5.82 Å². The highest BCUT2D eigenvalue weighted by molar-refractivity contribution is 5.82. The quantitative estimate of drug-likeness (QED) is 0.692. The molecule has 0 unspecified atom stereocenters. The van der Waals surface area contributed by atoms with E-state index in [-0.39, 0.29) is 0 Å². The summed E-state index contributed by atoms with van der Waals surface area (Å²) >= 11 is 0. The van der Waals surface area contributed by atoms with Gasteiger partial charge in [-0.15, -0.1) is 0 Å². The van der Waals surface area contributed by atoms with Crippen LogP contribution in [0, 0.1) is 0 Å². The second-order valence-corrected chi connectivity index (χ2v) is 4.37. The van der Waals surface area contributed by atoms with E-state index in [1.165, 1.54) is 6.33 Å². The molecule has 0 saturated carbocycles. The van der Waals surface area contributed by atoms with Crippen molar-refractivity contribution in [2.45, 2.75) is 32.6 Å². The summed E-state index contributed by atoms with van der Waals surface area (Å²) in [6.07, 6.45) is 2.13. The summed E-state index contributed by atoms with van der Waals surface area (Å²) in [6.45, 7) is 4.23. The highest BCUT2D eigenvalue weighted by atomic mass is 16.3. The summed E-state index contributed by atoms with van der Waals surface area (Å²) < 4.78 is 1.77. The molecule has 0 radical (unpaired) electrons. The van der Waals surface area contributed by atoms with E-state index in [1.807, 2.05) is 0 Å².